The predicted molar refractivity (Wildman–Crippen MR) is 52.6 cm³/mol. The summed E-state index contributed by atoms with van der Waals surface area (Å²) in [4.78, 5) is 1.20. The molecule has 0 bridgehead atoms. The van der Waals surface area contributed by atoms with E-state index in [1.807, 2.05) is 0 Å². The molecule has 0 aromatic rings. The van der Waals surface area contributed by atoms with E-state index in [4.69, 9.17) is 0 Å². The molecule has 0 fully saturated rings. The van der Waals surface area contributed by atoms with Crippen LogP contribution in [0.2, 0.25) is 0 Å². The van der Waals surface area contributed by atoms with Crippen LogP contribution in [0, 0.1) is 0 Å². The molecule has 0 spiro atoms. The van der Waals surface area contributed by atoms with E-state index in [1.165, 1.54) is 4.90 Å². The number of alkyl halides is 4. The SMILES string of the molecule is CC(C)N(CC(O)CBr)CC(F)(F)F. The summed E-state index contributed by atoms with van der Waals surface area (Å²) in [5.41, 5.74) is 0. The van der Waals surface area contributed by atoms with Crippen molar-refractivity contribution in [2.24, 2.45) is 0 Å². The minimum Gasteiger partial charge on any atom is -0.391 e. The molecule has 1 unspecified atom stereocenters. The van der Waals surface area contributed by atoms with Gasteiger partial charge in [-0.05, 0) is 13.8 Å². The molecular formula is C8H15BrF3NO. The Morgan fingerprint density at radius 2 is 1.86 bits per heavy atom. The smallest absolute Gasteiger partial charge is 0.391 e. The molecule has 1 atom stereocenters. The fourth-order valence-electron chi connectivity index (χ4n) is 1.01. The Kier molecular flexibility index (Phi) is 6.00. The zero-order chi connectivity index (χ0) is 11.4. The number of aliphatic hydroxyl groups is 1. The maximum Gasteiger partial charge on any atom is 0.401 e. The molecule has 0 aliphatic rings. The highest BCUT2D eigenvalue weighted by Crippen LogP contribution is 2.18. The van der Waals surface area contributed by atoms with Crippen molar-refractivity contribution in [3.63, 3.8) is 0 Å². The van der Waals surface area contributed by atoms with Gasteiger partial charge in [-0.25, -0.2) is 0 Å². The number of halogens is 4. The van der Waals surface area contributed by atoms with Crippen molar-refractivity contribution >= 4 is 15.9 Å². The largest absolute Gasteiger partial charge is 0.401 e. The Hall–Kier alpha value is 0.190. The first-order chi connectivity index (χ1) is 6.26. The molecule has 0 aliphatic heterocycles. The van der Waals surface area contributed by atoms with Crippen LogP contribution in [0.5, 0.6) is 0 Å². The van der Waals surface area contributed by atoms with Gasteiger partial charge in [-0.1, -0.05) is 15.9 Å². The Bertz CT molecular complexity index is 163. The lowest BCUT2D eigenvalue weighted by Crippen LogP contribution is -2.43. The molecule has 0 saturated carbocycles. The fourth-order valence-corrected chi connectivity index (χ4v) is 1.21. The first kappa shape index (κ1) is 14.2. The zero-order valence-corrected chi connectivity index (χ0v) is 9.77. The van der Waals surface area contributed by atoms with E-state index in [1.54, 1.807) is 13.8 Å². The van der Waals surface area contributed by atoms with Gasteiger partial charge in [-0.15, -0.1) is 0 Å². The number of hydrogen-bond acceptors (Lipinski definition) is 2. The molecule has 0 radical (unpaired) electrons. The molecule has 2 nitrogen and oxygen atoms in total. The summed E-state index contributed by atoms with van der Waals surface area (Å²) in [6.45, 7) is 2.40. The summed E-state index contributed by atoms with van der Waals surface area (Å²) in [5.74, 6) is 0. The minimum atomic E-state index is -4.21. The topological polar surface area (TPSA) is 23.5 Å². The lowest BCUT2D eigenvalue weighted by atomic mass is 10.2. The number of rotatable bonds is 5. The average Bonchev–Trinajstić information content (AvgIpc) is 2.00. The van der Waals surface area contributed by atoms with Gasteiger partial charge in [-0.2, -0.15) is 13.2 Å². The number of hydrogen-bond donors (Lipinski definition) is 1. The third kappa shape index (κ3) is 6.62. The second-order valence-electron chi connectivity index (χ2n) is 3.45. The van der Waals surface area contributed by atoms with Gasteiger partial charge in [0.15, 0.2) is 0 Å². The van der Waals surface area contributed by atoms with Crippen LogP contribution in [0.15, 0.2) is 0 Å². The molecule has 1 N–H and O–H groups in total. The van der Waals surface area contributed by atoms with E-state index < -0.39 is 18.8 Å². The van der Waals surface area contributed by atoms with Crippen LogP contribution >= 0.6 is 15.9 Å². The van der Waals surface area contributed by atoms with Crippen LogP contribution in [-0.2, 0) is 0 Å². The van der Waals surface area contributed by atoms with Crippen molar-refractivity contribution in [2.45, 2.75) is 32.2 Å². The first-order valence-corrected chi connectivity index (χ1v) is 5.43. The van der Waals surface area contributed by atoms with Gasteiger partial charge < -0.3 is 5.11 Å². The van der Waals surface area contributed by atoms with Gasteiger partial charge in [0.2, 0.25) is 0 Å². The molecule has 0 aromatic carbocycles. The Labute approximate surface area is 90.2 Å². The Balaban J connectivity index is 4.16. The van der Waals surface area contributed by atoms with Crippen molar-refractivity contribution in [2.75, 3.05) is 18.4 Å². The van der Waals surface area contributed by atoms with Gasteiger partial charge in [-0.3, -0.25) is 4.90 Å². The van der Waals surface area contributed by atoms with Crippen molar-refractivity contribution in [3.05, 3.63) is 0 Å². The summed E-state index contributed by atoms with van der Waals surface area (Å²) in [7, 11) is 0. The van der Waals surface area contributed by atoms with E-state index >= 15 is 0 Å². The van der Waals surface area contributed by atoms with Crippen LogP contribution in [0.3, 0.4) is 0 Å². The molecule has 0 rings (SSSR count). The molecule has 6 heteroatoms. The Morgan fingerprint density at radius 3 is 2.14 bits per heavy atom. The molecule has 0 amide bonds. The van der Waals surface area contributed by atoms with Crippen molar-refractivity contribution in [3.8, 4) is 0 Å². The molecule has 0 aromatic heterocycles. The van der Waals surface area contributed by atoms with E-state index in [0.717, 1.165) is 0 Å². The Morgan fingerprint density at radius 1 is 1.36 bits per heavy atom. The summed E-state index contributed by atoms with van der Waals surface area (Å²) >= 11 is 3.01. The third-order valence-corrected chi connectivity index (χ3v) is 2.48. The first-order valence-electron chi connectivity index (χ1n) is 4.31. The summed E-state index contributed by atoms with van der Waals surface area (Å²) in [6, 6.07) is -0.231. The predicted octanol–water partition coefficient (Wildman–Crippen LogP) is 2.01. The molecule has 0 saturated heterocycles. The van der Waals surface area contributed by atoms with Crippen LogP contribution in [0.4, 0.5) is 13.2 Å². The average molecular weight is 278 g/mol. The molecule has 0 aliphatic carbocycles. The highest BCUT2D eigenvalue weighted by molar-refractivity contribution is 9.09. The highest BCUT2D eigenvalue weighted by Gasteiger charge is 2.32. The lowest BCUT2D eigenvalue weighted by Gasteiger charge is -2.28. The van der Waals surface area contributed by atoms with E-state index in [9.17, 15) is 18.3 Å². The van der Waals surface area contributed by atoms with Crippen LogP contribution < -0.4 is 0 Å². The van der Waals surface area contributed by atoms with Gasteiger partial charge >= 0.3 is 6.18 Å². The van der Waals surface area contributed by atoms with Crippen LogP contribution in [0.25, 0.3) is 0 Å². The fraction of sp³-hybridized carbons (Fsp3) is 1.00. The second-order valence-corrected chi connectivity index (χ2v) is 4.09. The minimum absolute atomic E-state index is 0.0302. The molecule has 14 heavy (non-hydrogen) atoms. The van der Waals surface area contributed by atoms with Gasteiger partial charge in [0.05, 0.1) is 12.6 Å². The zero-order valence-electron chi connectivity index (χ0n) is 8.18. The van der Waals surface area contributed by atoms with Crippen molar-refractivity contribution < 1.29 is 18.3 Å². The van der Waals surface area contributed by atoms with Crippen LogP contribution in [0.1, 0.15) is 13.8 Å². The summed E-state index contributed by atoms with van der Waals surface area (Å²) in [5, 5.41) is 9.50. The van der Waals surface area contributed by atoms with Gasteiger partial charge in [0.1, 0.15) is 0 Å². The van der Waals surface area contributed by atoms with Crippen molar-refractivity contribution in [1.82, 2.24) is 4.90 Å². The normalized spacial score (nSPS) is 15.2. The second kappa shape index (κ2) is 5.92. The van der Waals surface area contributed by atoms with Crippen molar-refractivity contribution in [1.29, 1.82) is 0 Å². The number of aliphatic hydroxyl groups excluding tert-OH is 1. The molecule has 86 valence electrons. The molecular weight excluding hydrogens is 263 g/mol. The van der Waals surface area contributed by atoms with E-state index in [0.29, 0.717) is 0 Å². The number of nitrogens with zero attached hydrogens (tertiary/aromatic N) is 1. The third-order valence-electron chi connectivity index (χ3n) is 1.74. The van der Waals surface area contributed by atoms with E-state index in [2.05, 4.69) is 15.9 Å². The standard InChI is InChI=1S/C8H15BrF3NO/c1-6(2)13(4-7(14)3-9)5-8(10,11)12/h6-7,14H,3-5H2,1-2H3. The lowest BCUT2D eigenvalue weighted by molar-refractivity contribution is -0.151. The molecule has 0 heterocycles. The maximum absolute atomic E-state index is 12.1. The van der Waals surface area contributed by atoms with Crippen LogP contribution in [-0.4, -0.2) is 46.7 Å². The summed E-state index contributed by atoms with van der Waals surface area (Å²) in [6.07, 6.45) is -4.98. The van der Waals surface area contributed by atoms with Gasteiger partial charge in [0, 0.05) is 17.9 Å². The quantitative estimate of drug-likeness (QED) is 0.778. The highest BCUT2D eigenvalue weighted by atomic mass is 79.9. The van der Waals surface area contributed by atoms with Gasteiger partial charge in [0.25, 0.3) is 0 Å². The summed E-state index contributed by atoms with van der Waals surface area (Å²) < 4.78 is 36.3. The monoisotopic (exact) mass is 277 g/mol. The maximum atomic E-state index is 12.1. The van der Waals surface area contributed by atoms with E-state index in [-0.39, 0.29) is 17.9 Å².